The Hall–Kier alpha value is -2.82. The minimum absolute atomic E-state index is 0.190. The van der Waals surface area contributed by atoms with Crippen molar-refractivity contribution < 1.29 is 14.7 Å². The summed E-state index contributed by atoms with van der Waals surface area (Å²) in [4.78, 5) is 25.0. The molecule has 0 unspecified atom stereocenters. The number of carboxylic acid groups (broad SMARTS) is 1. The topological polar surface area (TPSA) is 69.6 Å². The summed E-state index contributed by atoms with van der Waals surface area (Å²) >= 11 is 0. The second-order valence-corrected chi connectivity index (χ2v) is 5.22. The number of carbonyl (C=O) groups excluding carboxylic acids is 1. The number of carboxylic acids is 1. The number of hydrogen-bond donors (Lipinski definition) is 2. The van der Waals surface area contributed by atoms with Crippen molar-refractivity contribution in [3.8, 4) is 11.1 Å². The fourth-order valence-electron chi connectivity index (χ4n) is 2.70. The molecule has 1 saturated heterocycles. The van der Waals surface area contributed by atoms with E-state index in [1.165, 1.54) is 0 Å². The number of carbonyl (C=O) groups is 2. The van der Waals surface area contributed by atoms with Crippen LogP contribution < -0.4 is 10.2 Å². The van der Waals surface area contributed by atoms with Crippen molar-refractivity contribution in [3.05, 3.63) is 53.6 Å². The molecule has 0 atom stereocenters. The summed E-state index contributed by atoms with van der Waals surface area (Å²) in [5.41, 5.74) is 3.18. The Labute approximate surface area is 128 Å². The van der Waals surface area contributed by atoms with Crippen LogP contribution in [0.2, 0.25) is 0 Å². The van der Waals surface area contributed by atoms with E-state index in [2.05, 4.69) is 5.32 Å². The van der Waals surface area contributed by atoms with Crippen LogP contribution in [0.4, 0.5) is 10.5 Å². The molecule has 2 N–H and O–H groups in total. The van der Waals surface area contributed by atoms with E-state index in [1.54, 1.807) is 17.9 Å². The van der Waals surface area contributed by atoms with E-state index in [4.69, 9.17) is 0 Å². The summed E-state index contributed by atoms with van der Waals surface area (Å²) in [5, 5.41) is 12.2. The minimum Gasteiger partial charge on any atom is -0.478 e. The van der Waals surface area contributed by atoms with Gasteiger partial charge in [-0.15, -0.1) is 0 Å². The molecule has 1 fully saturated rings. The number of anilines is 1. The maximum Gasteiger partial charge on any atom is 0.336 e. The Bertz CT molecular complexity index is 741. The zero-order valence-electron chi connectivity index (χ0n) is 12.2. The molecule has 0 aliphatic carbocycles. The van der Waals surface area contributed by atoms with Gasteiger partial charge in [-0.1, -0.05) is 30.3 Å². The van der Waals surface area contributed by atoms with E-state index < -0.39 is 5.97 Å². The summed E-state index contributed by atoms with van der Waals surface area (Å²) in [5.74, 6) is -0.990. The van der Waals surface area contributed by atoms with Crippen LogP contribution in [0.5, 0.6) is 0 Å². The first-order valence-corrected chi connectivity index (χ1v) is 7.06. The van der Waals surface area contributed by atoms with E-state index in [-0.39, 0.29) is 11.6 Å². The van der Waals surface area contributed by atoms with Gasteiger partial charge in [-0.25, -0.2) is 9.59 Å². The molecular weight excluding hydrogens is 280 g/mol. The zero-order valence-corrected chi connectivity index (χ0v) is 12.2. The van der Waals surface area contributed by atoms with Gasteiger partial charge in [0.05, 0.1) is 5.56 Å². The van der Waals surface area contributed by atoms with Gasteiger partial charge in [-0.05, 0) is 35.7 Å². The molecule has 2 amide bonds. The third kappa shape index (κ3) is 2.41. The molecule has 5 nitrogen and oxygen atoms in total. The Morgan fingerprint density at radius 1 is 1.18 bits per heavy atom. The molecule has 1 aliphatic rings. The van der Waals surface area contributed by atoms with Crippen LogP contribution in [-0.2, 0) is 0 Å². The first-order chi connectivity index (χ1) is 10.6. The normalized spacial score (nSPS) is 14.0. The average molecular weight is 296 g/mol. The first kappa shape index (κ1) is 14.1. The summed E-state index contributed by atoms with van der Waals surface area (Å²) in [6.45, 7) is 2.84. The largest absolute Gasteiger partial charge is 0.478 e. The molecule has 22 heavy (non-hydrogen) atoms. The number of aromatic carboxylic acids is 1. The second-order valence-electron chi connectivity index (χ2n) is 5.22. The quantitative estimate of drug-likeness (QED) is 0.915. The molecule has 2 aromatic carbocycles. The van der Waals surface area contributed by atoms with E-state index in [1.807, 2.05) is 36.4 Å². The maximum atomic E-state index is 11.9. The lowest BCUT2D eigenvalue weighted by atomic mass is 9.97. The van der Waals surface area contributed by atoms with Crippen LogP contribution in [-0.4, -0.2) is 30.2 Å². The third-order valence-corrected chi connectivity index (χ3v) is 3.87. The van der Waals surface area contributed by atoms with E-state index in [9.17, 15) is 14.7 Å². The van der Waals surface area contributed by atoms with Crippen molar-refractivity contribution in [2.75, 3.05) is 18.0 Å². The lowest BCUT2D eigenvalue weighted by Crippen LogP contribution is -2.28. The van der Waals surface area contributed by atoms with Gasteiger partial charge in [0.25, 0.3) is 0 Å². The number of hydrogen-bond acceptors (Lipinski definition) is 2. The van der Waals surface area contributed by atoms with Crippen LogP contribution in [0.25, 0.3) is 11.1 Å². The fourth-order valence-corrected chi connectivity index (χ4v) is 2.70. The number of rotatable bonds is 3. The van der Waals surface area contributed by atoms with Crippen LogP contribution in [0.1, 0.15) is 15.9 Å². The highest BCUT2D eigenvalue weighted by Crippen LogP contribution is 2.31. The lowest BCUT2D eigenvalue weighted by Gasteiger charge is -2.20. The van der Waals surface area contributed by atoms with E-state index in [0.717, 1.165) is 11.1 Å². The number of nitrogens with one attached hydrogen (secondary N) is 1. The third-order valence-electron chi connectivity index (χ3n) is 3.87. The number of nitrogens with zero attached hydrogens (tertiary/aromatic N) is 1. The monoisotopic (exact) mass is 296 g/mol. The summed E-state index contributed by atoms with van der Waals surface area (Å²) in [7, 11) is 0. The predicted molar refractivity (Wildman–Crippen MR) is 84.3 cm³/mol. The van der Waals surface area contributed by atoms with Gasteiger partial charge in [0, 0.05) is 18.8 Å². The molecule has 0 bridgehead atoms. The highest BCUT2D eigenvalue weighted by molar-refractivity contribution is 5.99. The average Bonchev–Trinajstić information content (AvgIpc) is 2.94. The lowest BCUT2D eigenvalue weighted by molar-refractivity contribution is 0.0696. The standard InChI is InChI=1S/C17H16N2O3/c1-11-14(16(20)21)9-13(12-5-3-2-4-6-12)10-15(11)19-8-7-18-17(19)22/h2-6,9-10H,7-8H2,1H3,(H,18,22)(H,20,21). The molecule has 0 saturated carbocycles. The molecular formula is C17H16N2O3. The summed E-state index contributed by atoms with van der Waals surface area (Å²) in [6, 6.07) is 12.9. The first-order valence-electron chi connectivity index (χ1n) is 7.06. The molecule has 5 heteroatoms. The Morgan fingerprint density at radius 2 is 1.91 bits per heavy atom. The van der Waals surface area contributed by atoms with Crippen molar-refractivity contribution >= 4 is 17.7 Å². The molecule has 112 valence electrons. The highest BCUT2D eigenvalue weighted by Gasteiger charge is 2.25. The predicted octanol–water partition coefficient (Wildman–Crippen LogP) is 2.89. The number of urea groups is 1. The van der Waals surface area contributed by atoms with Crippen molar-refractivity contribution in [2.24, 2.45) is 0 Å². The van der Waals surface area contributed by atoms with E-state index >= 15 is 0 Å². The fraction of sp³-hybridized carbons (Fsp3) is 0.176. The Balaban J connectivity index is 2.18. The van der Waals surface area contributed by atoms with Crippen LogP contribution >= 0.6 is 0 Å². The Morgan fingerprint density at radius 3 is 2.50 bits per heavy atom. The van der Waals surface area contributed by atoms with Gasteiger partial charge in [0.2, 0.25) is 0 Å². The Kier molecular flexibility index (Phi) is 3.55. The molecule has 2 aromatic rings. The van der Waals surface area contributed by atoms with Gasteiger partial charge in [0.1, 0.15) is 0 Å². The molecule has 0 aromatic heterocycles. The van der Waals surface area contributed by atoms with Crippen molar-refractivity contribution in [1.82, 2.24) is 5.32 Å². The number of amides is 2. The summed E-state index contributed by atoms with van der Waals surface area (Å²) < 4.78 is 0. The SMILES string of the molecule is Cc1c(C(=O)O)cc(-c2ccccc2)cc1N1CCNC1=O. The van der Waals surface area contributed by atoms with Crippen molar-refractivity contribution in [3.63, 3.8) is 0 Å². The highest BCUT2D eigenvalue weighted by atomic mass is 16.4. The molecule has 1 heterocycles. The number of benzene rings is 2. The zero-order chi connectivity index (χ0) is 15.7. The van der Waals surface area contributed by atoms with Gasteiger partial charge in [-0.3, -0.25) is 4.90 Å². The van der Waals surface area contributed by atoms with Gasteiger partial charge in [0.15, 0.2) is 0 Å². The van der Waals surface area contributed by atoms with Crippen LogP contribution in [0.15, 0.2) is 42.5 Å². The molecule has 0 spiro atoms. The molecule has 3 rings (SSSR count). The minimum atomic E-state index is -0.990. The smallest absolute Gasteiger partial charge is 0.336 e. The van der Waals surface area contributed by atoms with Gasteiger partial charge in [-0.2, -0.15) is 0 Å². The van der Waals surface area contributed by atoms with Gasteiger partial charge >= 0.3 is 12.0 Å². The second kappa shape index (κ2) is 5.52. The molecule has 0 radical (unpaired) electrons. The van der Waals surface area contributed by atoms with Crippen LogP contribution in [0.3, 0.4) is 0 Å². The van der Waals surface area contributed by atoms with Crippen LogP contribution in [0, 0.1) is 6.92 Å². The van der Waals surface area contributed by atoms with Crippen molar-refractivity contribution in [2.45, 2.75) is 6.92 Å². The van der Waals surface area contributed by atoms with Crippen molar-refractivity contribution in [1.29, 1.82) is 0 Å². The van der Waals surface area contributed by atoms with E-state index in [0.29, 0.717) is 24.3 Å². The molecule has 1 aliphatic heterocycles. The maximum absolute atomic E-state index is 11.9. The van der Waals surface area contributed by atoms with Gasteiger partial charge < -0.3 is 10.4 Å². The summed E-state index contributed by atoms with van der Waals surface area (Å²) in [6.07, 6.45) is 0.